The molecule has 3 aromatic rings. The highest BCUT2D eigenvalue weighted by Crippen LogP contribution is 2.37. The van der Waals surface area contributed by atoms with E-state index in [-0.39, 0.29) is 17.1 Å². The molecule has 0 atom stereocenters. The Bertz CT molecular complexity index is 1390. The zero-order valence-corrected chi connectivity index (χ0v) is 22.0. The quantitative estimate of drug-likeness (QED) is 0.254. The summed E-state index contributed by atoms with van der Waals surface area (Å²) >= 11 is 16.1. The first-order valence-electron chi connectivity index (χ1n) is 10.4. The predicted octanol–water partition coefficient (Wildman–Crippen LogP) is 7.04. The summed E-state index contributed by atoms with van der Waals surface area (Å²) in [6.45, 7) is 5.61. The van der Waals surface area contributed by atoms with E-state index in [2.05, 4.69) is 15.9 Å². The molecular formula is C26H21BrCl2N2O3. The Labute approximate surface area is 216 Å². The summed E-state index contributed by atoms with van der Waals surface area (Å²) < 4.78 is 7.88. The lowest BCUT2D eigenvalue weighted by molar-refractivity contribution is -0.136. The molecule has 4 rings (SSSR count). The molecule has 1 amide bonds. The van der Waals surface area contributed by atoms with Crippen LogP contribution in [-0.4, -0.2) is 23.6 Å². The fraction of sp³-hybridized carbons (Fsp3) is 0.154. The Morgan fingerprint density at radius 3 is 2.35 bits per heavy atom. The highest BCUT2D eigenvalue weighted by atomic mass is 79.9. The Balaban J connectivity index is 1.86. The number of methoxy groups -OCH3 is 1. The smallest absolute Gasteiger partial charge is 0.340 e. The number of benzene rings is 2. The fourth-order valence-electron chi connectivity index (χ4n) is 4.20. The van der Waals surface area contributed by atoms with Gasteiger partial charge < -0.3 is 9.30 Å². The molecule has 0 N–H and O–H groups in total. The number of esters is 1. The molecule has 1 aliphatic heterocycles. The van der Waals surface area contributed by atoms with E-state index in [4.69, 9.17) is 27.9 Å². The van der Waals surface area contributed by atoms with E-state index < -0.39 is 5.97 Å². The van der Waals surface area contributed by atoms with Crippen molar-refractivity contribution >= 4 is 62.8 Å². The third-order valence-corrected chi connectivity index (χ3v) is 6.88. The number of carbonyl (C=O) groups excluding carboxylic acids is 2. The molecule has 2 heterocycles. The van der Waals surface area contributed by atoms with E-state index in [0.717, 1.165) is 27.1 Å². The number of hydrogen-bond acceptors (Lipinski definition) is 3. The third-order valence-electron chi connectivity index (χ3n) is 5.79. The number of carbonyl (C=O) groups is 2. The van der Waals surface area contributed by atoms with Gasteiger partial charge >= 0.3 is 5.97 Å². The minimum Gasteiger partial charge on any atom is -0.465 e. The minimum atomic E-state index is -0.566. The lowest BCUT2D eigenvalue weighted by atomic mass is 10.0. The van der Waals surface area contributed by atoms with Crippen LogP contribution in [0.5, 0.6) is 0 Å². The molecule has 0 radical (unpaired) electrons. The second-order valence-corrected chi connectivity index (χ2v) is 9.64. The highest BCUT2D eigenvalue weighted by molar-refractivity contribution is 9.10. The molecule has 0 aliphatic carbocycles. The molecule has 0 saturated heterocycles. The molecule has 0 saturated carbocycles. The van der Waals surface area contributed by atoms with Crippen molar-refractivity contribution in [3.63, 3.8) is 0 Å². The van der Waals surface area contributed by atoms with Gasteiger partial charge in [-0.1, -0.05) is 39.1 Å². The average Bonchev–Trinajstić information content (AvgIpc) is 3.22. The van der Waals surface area contributed by atoms with Gasteiger partial charge in [-0.2, -0.15) is 0 Å². The van der Waals surface area contributed by atoms with Crippen LogP contribution in [0.25, 0.3) is 11.8 Å². The van der Waals surface area contributed by atoms with E-state index in [0.29, 0.717) is 21.4 Å². The summed E-state index contributed by atoms with van der Waals surface area (Å²) in [5.74, 6) is -0.866. The summed E-state index contributed by atoms with van der Waals surface area (Å²) in [5, 5.41) is 1.11. The maximum atomic E-state index is 13.6. The van der Waals surface area contributed by atoms with Crippen molar-refractivity contribution in [2.45, 2.75) is 20.8 Å². The molecule has 0 unspecified atom stereocenters. The molecule has 8 heteroatoms. The second-order valence-electron chi connectivity index (χ2n) is 7.88. The average molecular weight is 560 g/mol. The van der Waals surface area contributed by atoms with Gasteiger partial charge in [-0.15, -0.1) is 0 Å². The van der Waals surface area contributed by atoms with Gasteiger partial charge in [0.15, 0.2) is 0 Å². The Morgan fingerprint density at radius 1 is 1.03 bits per heavy atom. The molecule has 2 aromatic carbocycles. The van der Waals surface area contributed by atoms with Crippen molar-refractivity contribution in [3.8, 4) is 5.69 Å². The van der Waals surface area contributed by atoms with Crippen LogP contribution in [0.15, 0.2) is 69.8 Å². The van der Waals surface area contributed by atoms with Gasteiger partial charge in [0.2, 0.25) is 0 Å². The maximum absolute atomic E-state index is 13.6. The normalized spacial score (nSPS) is 15.0. The van der Waals surface area contributed by atoms with Gasteiger partial charge in [0.25, 0.3) is 5.91 Å². The van der Waals surface area contributed by atoms with Crippen LogP contribution in [0.4, 0.5) is 5.69 Å². The third kappa shape index (κ3) is 4.22. The van der Waals surface area contributed by atoms with Crippen molar-refractivity contribution in [2.24, 2.45) is 0 Å². The van der Waals surface area contributed by atoms with Gasteiger partial charge in [-0.25, -0.2) is 4.79 Å². The molecule has 0 bridgehead atoms. The van der Waals surface area contributed by atoms with E-state index in [1.54, 1.807) is 31.2 Å². The number of hydrogen-bond donors (Lipinski definition) is 0. The van der Waals surface area contributed by atoms with Crippen LogP contribution in [0.3, 0.4) is 0 Å². The van der Waals surface area contributed by atoms with Crippen LogP contribution in [0.1, 0.15) is 23.9 Å². The number of anilines is 1. The SMILES string of the molecule is COC(=O)C1=C(C)N(c2ccc(Br)cc2)C(=O)/C1=C\c1cc(C)n(-c2cc(Cl)ccc2Cl)c1C. The highest BCUT2D eigenvalue weighted by Gasteiger charge is 2.38. The van der Waals surface area contributed by atoms with E-state index in [1.165, 1.54) is 12.0 Å². The summed E-state index contributed by atoms with van der Waals surface area (Å²) in [6.07, 6.45) is 1.73. The molecule has 5 nitrogen and oxygen atoms in total. The lowest BCUT2D eigenvalue weighted by Crippen LogP contribution is -2.24. The van der Waals surface area contributed by atoms with Gasteiger partial charge in [-0.3, -0.25) is 9.69 Å². The van der Waals surface area contributed by atoms with Crippen molar-refractivity contribution in [2.75, 3.05) is 12.0 Å². The van der Waals surface area contributed by atoms with Crippen LogP contribution < -0.4 is 4.90 Å². The van der Waals surface area contributed by atoms with Gasteiger partial charge in [-0.05, 0) is 80.9 Å². The number of halogens is 3. The number of nitrogens with zero attached hydrogens (tertiary/aromatic N) is 2. The van der Waals surface area contributed by atoms with Crippen LogP contribution in [0.2, 0.25) is 10.0 Å². The number of allylic oxidation sites excluding steroid dienone is 1. The molecular weight excluding hydrogens is 539 g/mol. The monoisotopic (exact) mass is 558 g/mol. The molecule has 174 valence electrons. The summed E-state index contributed by atoms with van der Waals surface area (Å²) in [6, 6.07) is 14.5. The minimum absolute atomic E-state index is 0.237. The zero-order valence-electron chi connectivity index (χ0n) is 18.9. The Kier molecular flexibility index (Phi) is 6.76. The Morgan fingerprint density at radius 2 is 1.71 bits per heavy atom. The molecule has 1 aliphatic rings. The van der Waals surface area contributed by atoms with Crippen molar-refractivity contribution in [1.29, 1.82) is 0 Å². The molecule has 34 heavy (non-hydrogen) atoms. The molecule has 0 fully saturated rings. The van der Waals surface area contributed by atoms with Gasteiger partial charge in [0, 0.05) is 32.3 Å². The number of amides is 1. The summed E-state index contributed by atoms with van der Waals surface area (Å²) in [5.41, 5.74) is 4.95. The number of ether oxygens (including phenoxy) is 1. The largest absolute Gasteiger partial charge is 0.465 e. The van der Waals surface area contributed by atoms with Crippen molar-refractivity contribution < 1.29 is 14.3 Å². The summed E-state index contributed by atoms with van der Waals surface area (Å²) in [4.78, 5) is 27.8. The number of aryl methyl sites for hydroxylation is 1. The van der Waals surface area contributed by atoms with E-state index in [1.807, 2.05) is 48.7 Å². The Hall–Kier alpha value is -2.80. The standard InChI is InChI=1S/C26H21BrCl2N2O3/c1-14-11-17(15(2)30(14)23-13-19(28)7-10-22(23)29)12-21-24(26(33)34-4)16(3)31(25(21)32)20-8-5-18(27)6-9-20/h5-13H,1-4H3/b21-12-. The van der Waals surface area contributed by atoms with Crippen LogP contribution in [-0.2, 0) is 14.3 Å². The second kappa shape index (κ2) is 9.45. The maximum Gasteiger partial charge on any atom is 0.340 e. The summed E-state index contributed by atoms with van der Waals surface area (Å²) in [7, 11) is 1.31. The zero-order chi connectivity index (χ0) is 24.7. The topological polar surface area (TPSA) is 51.5 Å². The van der Waals surface area contributed by atoms with Crippen LogP contribution >= 0.6 is 39.1 Å². The first-order chi connectivity index (χ1) is 16.1. The van der Waals surface area contributed by atoms with Crippen molar-refractivity contribution in [3.05, 3.63) is 96.8 Å². The van der Waals surface area contributed by atoms with Crippen molar-refractivity contribution in [1.82, 2.24) is 4.57 Å². The van der Waals surface area contributed by atoms with Crippen LogP contribution in [0, 0.1) is 13.8 Å². The van der Waals surface area contributed by atoms with E-state index >= 15 is 0 Å². The predicted molar refractivity (Wildman–Crippen MR) is 140 cm³/mol. The lowest BCUT2D eigenvalue weighted by Gasteiger charge is -2.18. The van der Waals surface area contributed by atoms with Gasteiger partial charge in [0.05, 0.1) is 29.0 Å². The molecule has 0 spiro atoms. The number of rotatable bonds is 4. The number of aromatic nitrogens is 1. The molecule has 1 aromatic heterocycles. The van der Waals surface area contributed by atoms with Gasteiger partial charge in [0.1, 0.15) is 0 Å². The first-order valence-corrected chi connectivity index (χ1v) is 11.9. The fourth-order valence-corrected chi connectivity index (χ4v) is 4.83. The van der Waals surface area contributed by atoms with E-state index in [9.17, 15) is 9.59 Å². The first kappa shape index (κ1) is 24.3.